The van der Waals surface area contributed by atoms with Crippen LogP contribution in [0.2, 0.25) is 0 Å². The molecule has 0 saturated heterocycles. The van der Waals surface area contributed by atoms with Crippen molar-refractivity contribution in [3.8, 4) is 0 Å². The molecule has 0 radical (unpaired) electrons. The van der Waals surface area contributed by atoms with E-state index in [1.165, 1.54) is 0 Å². The zero-order valence-electron chi connectivity index (χ0n) is 17.7. The molecule has 0 aliphatic carbocycles. The van der Waals surface area contributed by atoms with E-state index in [2.05, 4.69) is 0 Å². The van der Waals surface area contributed by atoms with Gasteiger partial charge >= 0.3 is 11.9 Å². The summed E-state index contributed by atoms with van der Waals surface area (Å²) in [7, 11) is 0. The van der Waals surface area contributed by atoms with Crippen molar-refractivity contribution in [1.29, 1.82) is 0 Å². The number of rotatable bonds is 6. The van der Waals surface area contributed by atoms with Gasteiger partial charge in [0.1, 0.15) is 16.8 Å². The SMILES string of the molecule is CC(C)OC(=O)[C@H](CC(=O)OC(C)(C)C)Cc1cccc2c1oc1ccccc12. The second kappa shape index (κ2) is 8.27. The highest BCUT2D eigenvalue weighted by Gasteiger charge is 2.28. The minimum atomic E-state index is -0.647. The van der Waals surface area contributed by atoms with Gasteiger partial charge in [-0.25, -0.2) is 0 Å². The van der Waals surface area contributed by atoms with Gasteiger partial charge in [-0.05, 0) is 52.7 Å². The number of fused-ring (bicyclic) bond motifs is 3. The third-order valence-electron chi connectivity index (χ3n) is 4.47. The minimum absolute atomic E-state index is 0.0422. The molecular weight excluding hydrogens is 368 g/mol. The van der Waals surface area contributed by atoms with Crippen LogP contribution < -0.4 is 0 Å². The quantitative estimate of drug-likeness (QED) is 0.520. The Kier molecular flexibility index (Phi) is 5.96. The van der Waals surface area contributed by atoms with E-state index in [4.69, 9.17) is 13.9 Å². The van der Waals surface area contributed by atoms with Crippen LogP contribution in [0.3, 0.4) is 0 Å². The van der Waals surface area contributed by atoms with Crippen LogP contribution >= 0.6 is 0 Å². The molecular formula is C24H28O5. The summed E-state index contributed by atoms with van der Waals surface area (Å²) in [6.07, 6.45) is 0.0344. The van der Waals surface area contributed by atoms with Gasteiger partial charge in [0.2, 0.25) is 0 Å². The van der Waals surface area contributed by atoms with E-state index in [-0.39, 0.29) is 12.5 Å². The number of hydrogen-bond donors (Lipinski definition) is 0. The van der Waals surface area contributed by atoms with Crippen molar-refractivity contribution in [3.63, 3.8) is 0 Å². The first-order valence-corrected chi connectivity index (χ1v) is 9.95. The van der Waals surface area contributed by atoms with E-state index in [0.717, 1.165) is 27.5 Å². The van der Waals surface area contributed by atoms with Gasteiger partial charge in [-0.3, -0.25) is 9.59 Å². The maximum absolute atomic E-state index is 12.7. The Morgan fingerprint density at radius 1 is 1.00 bits per heavy atom. The van der Waals surface area contributed by atoms with Crippen molar-refractivity contribution < 1.29 is 23.5 Å². The van der Waals surface area contributed by atoms with E-state index in [1.54, 1.807) is 13.8 Å². The molecule has 0 aliphatic heterocycles. The number of carbonyl (C=O) groups excluding carboxylic acids is 2. The number of furan rings is 1. The van der Waals surface area contributed by atoms with Crippen molar-refractivity contribution in [2.24, 2.45) is 5.92 Å². The maximum Gasteiger partial charge on any atom is 0.310 e. The lowest BCUT2D eigenvalue weighted by atomic mass is 9.94. The van der Waals surface area contributed by atoms with Crippen LogP contribution in [0.25, 0.3) is 21.9 Å². The fourth-order valence-corrected chi connectivity index (χ4v) is 3.38. The number of ether oxygens (including phenoxy) is 2. The smallest absolute Gasteiger partial charge is 0.310 e. The highest BCUT2D eigenvalue weighted by atomic mass is 16.6. The maximum atomic E-state index is 12.7. The Bertz CT molecular complexity index is 1020. The zero-order chi connectivity index (χ0) is 21.2. The summed E-state index contributed by atoms with van der Waals surface area (Å²) >= 11 is 0. The molecule has 1 atom stereocenters. The van der Waals surface area contributed by atoms with Crippen LogP contribution in [0, 0.1) is 5.92 Å². The van der Waals surface area contributed by atoms with Crippen LogP contribution in [-0.2, 0) is 25.5 Å². The summed E-state index contributed by atoms with van der Waals surface area (Å²) in [5, 5.41) is 2.02. The van der Waals surface area contributed by atoms with Gasteiger partial charge in [0.05, 0.1) is 18.4 Å². The summed E-state index contributed by atoms with van der Waals surface area (Å²) in [6, 6.07) is 13.7. The summed E-state index contributed by atoms with van der Waals surface area (Å²) in [5.74, 6) is -1.47. The van der Waals surface area contributed by atoms with Crippen molar-refractivity contribution in [3.05, 3.63) is 48.0 Å². The normalized spacial score (nSPS) is 13.0. The Hall–Kier alpha value is -2.82. The summed E-state index contributed by atoms with van der Waals surface area (Å²) in [6.45, 7) is 9.01. The lowest BCUT2D eigenvalue weighted by Crippen LogP contribution is -2.30. The first-order chi connectivity index (χ1) is 13.6. The largest absolute Gasteiger partial charge is 0.463 e. The molecule has 0 aliphatic rings. The number of para-hydroxylation sites is 2. The number of benzene rings is 2. The Morgan fingerprint density at radius 3 is 2.38 bits per heavy atom. The Labute approximate surface area is 171 Å². The fraction of sp³-hybridized carbons (Fsp3) is 0.417. The first kappa shape index (κ1) is 20.9. The van der Waals surface area contributed by atoms with Crippen LogP contribution in [0.4, 0.5) is 0 Å². The van der Waals surface area contributed by atoms with Crippen molar-refractivity contribution in [2.45, 2.75) is 59.2 Å². The van der Waals surface area contributed by atoms with Crippen LogP contribution in [0.1, 0.15) is 46.6 Å². The van der Waals surface area contributed by atoms with Crippen molar-refractivity contribution in [2.75, 3.05) is 0 Å². The number of hydrogen-bond acceptors (Lipinski definition) is 5. The molecule has 5 nitrogen and oxygen atoms in total. The summed E-state index contributed by atoms with van der Waals surface area (Å²) < 4.78 is 16.9. The molecule has 2 aromatic carbocycles. The number of esters is 2. The highest BCUT2D eigenvalue weighted by molar-refractivity contribution is 6.05. The van der Waals surface area contributed by atoms with E-state index >= 15 is 0 Å². The van der Waals surface area contributed by atoms with Gasteiger partial charge in [-0.1, -0.05) is 36.4 Å². The van der Waals surface area contributed by atoms with E-state index in [1.807, 2.05) is 63.2 Å². The molecule has 3 aromatic rings. The van der Waals surface area contributed by atoms with Gasteiger partial charge in [-0.15, -0.1) is 0 Å². The van der Waals surface area contributed by atoms with Gasteiger partial charge in [0.15, 0.2) is 0 Å². The average molecular weight is 396 g/mol. The minimum Gasteiger partial charge on any atom is -0.463 e. The van der Waals surface area contributed by atoms with E-state index < -0.39 is 23.5 Å². The molecule has 29 heavy (non-hydrogen) atoms. The highest BCUT2D eigenvalue weighted by Crippen LogP contribution is 2.32. The number of carbonyl (C=O) groups is 2. The van der Waals surface area contributed by atoms with Crippen LogP contribution in [-0.4, -0.2) is 23.6 Å². The van der Waals surface area contributed by atoms with Gasteiger partial charge < -0.3 is 13.9 Å². The monoisotopic (exact) mass is 396 g/mol. The van der Waals surface area contributed by atoms with Gasteiger partial charge in [-0.2, -0.15) is 0 Å². The van der Waals surface area contributed by atoms with Gasteiger partial charge in [0.25, 0.3) is 0 Å². The Morgan fingerprint density at radius 2 is 1.69 bits per heavy atom. The second-order valence-corrected chi connectivity index (χ2v) is 8.57. The molecule has 3 rings (SSSR count). The van der Waals surface area contributed by atoms with Crippen LogP contribution in [0.15, 0.2) is 46.9 Å². The topological polar surface area (TPSA) is 65.7 Å². The predicted molar refractivity (Wildman–Crippen MR) is 113 cm³/mol. The average Bonchev–Trinajstić information content (AvgIpc) is 2.99. The second-order valence-electron chi connectivity index (χ2n) is 8.57. The molecule has 5 heteroatoms. The van der Waals surface area contributed by atoms with Crippen molar-refractivity contribution in [1.82, 2.24) is 0 Å². The molecule has 0 amide bonds. The molecule has 0 saturated carbocycles. The summed E-state index contributed by atoms with van der Waals surface area (Å²) in [5.41, 5.74) is 1.79. The van der Waals surface area contributed by atoms with Crippen LogP contribution in [0.5, 0.6) is 0 Å². The zero-order valence-corrected chi connectivity index (χ0v) is 17.7. The van der Waals surface area contributed by atoms with Gasteiger partial charge in [0, 0.05) is 10.8 Å². The van der Waals surface area contributed by atoms with E-state index in [9.17, 15) is 9.59 Å². The molecule has 1 heterocycles. The van der Waals surface area contributed by atoms with Crippen molar-refractivity contribution >= 4 is 33.9 Å². The third-order valence-corrected chi connectivity index (χ3v) is 4.47. The lowest BCUT2D eigenvalue weighted by Gasteiger charge is -2.22. The third kappa shape index (κ3) is 5.17. The Balaban J connectivity index is 1.92. The molecule has 0 spiro atoms. The molecule has 0 fully saturated rings. The molecule has 1 aromatic heterocycles. The standard InChI is InChI=1S/C24H28O5/c1-15(2)27-23(26)17(14-21(25)29-24(3,4)5)13-16-9-8-11-19-18-10-6-7-12-20(18)28-22(16)19/h6-12,15,17H,13-14H2,1-5H3/t17-/m0/s1. The molecule has 0 bridgehead atoms. The van der Waals surface area contributed by atoms with E-state index in [0.29, 0.717) is 6.42 Å². The lowest BCUT2D eigenvalue weighted by molar-refractivity contribution is -0.163. The summed E-state index contributed by atoms with van der Waals surface area (Å²) in [4.78, 5) is 25.1. The molecule has 154 valence electrons. The molecule has 0 unspecified atom stereocenters. The predicted octanol–water partition coefficient (Wildman–Crippen LogP) is 5.43. The first-order valence-electron chi connectivity index (χ1n) is 9.95. The molecule has 0 N–H and O–H groups in total. The fourth-order valence-electron chi connectivity index (χ4n) is 3.38.